The number of carboxylic acids is 1. The number of hydrogen-bond donors (Lipinski definition) is 3. The van der Waals surface area contributed by atoms with Gasteiger partial charge in [0.25, 0.3) is 0 Å². The van der Waals surface area contributed by atoms with Crippen LogP contribution in [-0.2, 0) is 14.3 Å². The van der Waals surface area contributed by atoms with Crippen molar-refractivity contribution in [3.63, 3.8) is 0 Å². The Morgan fingerprint density at radius 2 is 1.00 bits per heavy atom. The van der Waals surface area contributed by atoms with Crippen molar-refractivity contribution in [2.24, 2.45) is 0 Å². The Hall–Kier alpha value is -1.14. The number of hydrogen-bond acceptors (Lipinski definition) is 5. The molecule has 0 bridgehead atoms. The van der Waals surface area contributed by atoms with Gasteiger partial charge in [-0.1, -0.05) is 117 Å². The van der Waals surface area contributed by atoms with Crippen LogP contribution in [-0.4, -0.2) is 46.6 Å². The topological polar surface area (TPSA) is 104 Å². The van der Waals surface area contributed by atoms with Crippen LogP contribution in [0.1, 0.15) is 142 Å². The van der Waals surface area contributed by atoms with E-state index in [1.54, 1.807) is 0 Å². The van der Waals surface area contributed by atoms with Gasteiger partial charge < -0.3 is 20.1 Å². The quantitative estimate of drug-likeness (QED) is 0.111. The van der Waals surface area contributed by atoms with Gasteiger partial charge in [0, 0.05) is 12.8 Å². The fraction of sp³-hybridized carbons (Fsp3) is 0.926. The molecule has 0 aromatic rings. The van der Waals surface area contributed by atoms with Crippen molar-refractivity contribution in [2.75, 3.05) is 13.2 Å². The largest absolute Gasteiger partial charge is 0.481 e. The molecule has 33 heavy (non-hydrogen) atoms. The second kappa shape index (κ2) is 28.9. The lowest BCUT2D eigenvalue weighted by Crippen LogP contribution is -2.21. The van der Waals surface area contributed by atoms with Gasteiger partial charge in [0.1, 0.15) is 12.7 Å². The van der Waals surface area contributed by atoms with Crippen LogP contribution in [0.3, 0.4) is 0 Å². The third-order valence-electron chi connectivity index (χ3n) is 5.63. The van der Waals surface area contributed by atoms with Crippen LogP contribution in [0.25, 0.3) is 0 Å². The van der Waals surface area contributed by atoms with Crippen LogP contribution >= 0.6 is 0 Å². The van der Waals surface area contributed by atoms with Crippen molar-refractivity contribution >= 4 is 11.9 Å². The summed E-state index contributed by atoms with van der Waals surface area (Å²) in [4.78, 5) is 21.4. The molecule has 0 aliphatic carbocycles. The smallest absolute Gasteiger partial charge is 0.305 e. The number of carbonyl (C=O) groups excluding carboxylic acids is 1. The van der Waals surface area contributed by atoms with Crippen molar-refractivity contribution in [2.45, 2.75) is 148 Å². The molecule has 0 heterocycles. The van der Waals surface area contributed by atoms with Crippen molar-refractivity contribution in [1.29, 1.82) is 0 Å². The van der Waals surface area contributed by atoms with Crippen molar-refractivity contribution in [3.8, 4) is 0 Å². The van der Waals surface area contributed by atoms with E-state index in [-0.39, 0.29) is 19.2 Å². The third kappa shape index (κ3) is 33.1. The van der Waals surface area contributed by atoms with Crippen molar-refractivity contribution in [1.82, 2.24) is 0 Å². The predicted octanol–water partition coefficient (Wildman–Crippen LogP) is 6.80. The molecule has 1 atom stereocenters. The lowest BCUT2D eigenvalue weighted by Gasteiger charge is -2.08. The van der Waals surface area contributed by atoms with Crippen molar-refractivity contribution < 1.29 is 29.6 Å². The predicted molar refractivity (Wildman–Crippen MR) is 135 cm³/mol. The molecule has 0 saturated heterocycles. The van der Waals surface area contributed by atoms with Gasteiger partial charge in [-0.3, -0.25) is 9.59 Å². The maximum absolute atomic E-state index is 11.3. The molecule has 0 radical (unpaired) electrons. The fourth-order valence-corrected chi connectivity index (χ4v) is 3.48. The van der Waals surface area contributed by atoms with Crippen LogP contribution in [0.2, 0.25) is 0 Å². The zero-order valence-electron chi connectivity index (χ0n) is 21.7. The monoisotopic (exact) mass is 474 g/mol. The Balaban J connectivity index is 0. The highest BCUT2D eigenvalue weighted by Gasteiger charge is 2.07. The van der Waals surface area contributed by atoms with E-state index in [9.17, 15) is 9.59 Å². The van der Waals surface area contributed by atoms with E-state index in [4.69, 9.17) is 20.1 Å². The van der Waals surface area contributed by atoms with Crippen LogP contribution in [0.15, 0.2) is 0 Å². The molecular formula is C27H54O6. The summed E-state index contributed by atoms with van der Waals surface area (Å²) in [7, 11) is 0. The second-order valence-corrected chi connectivity index (χ2v) is 9.07. The maximum atomic E-state index is 11.3. The SMILES string of the molecule is CCCCCCCC(=O)O.CCCCCCCCCCCCCCCC(=O)OCC(O)CO. The Morgan fingerprint density at radius 1 is 0.636 bits per heavy atom. The molecular weight excluding hydrogens is 420 g/mol. The van der Waals surface area contributed by atoms with Gasteiger partial charge in [0.05, 0.1) is 6.61 Å². The first kappa shape index (κ1) is 34.0. The molecule has 0 saturated carbocycles. The molecule has 0 fully saturated rings. The number of aliphatic carboxylic acids is 1. The lowest BCUT2D eigenvalue weighted by molar-refractivity contribution is -0.147. The normalized spacial score (nSPS) is 11.5. The molecule has 6 heteroatoms. The van der Waals surface area contributed by atoms with Gasteiger partial charge in [0.2, 0.25) is 0 Å². The zero-order chi connectivity index (χ0) is 25.0. The van der Waals surface area contributed by atoms with Crippen LogP contribution in [0, 0.1) is 0 Å². The van der Waals surface area contributed by atoms with E-state index in [2.05, 4.69) is 13.8 Å². The highest BCUT2D eigenvalue weighted by molar-refractivity contribution is 5.69. The number of ether oxygens (including phenoxy) is 1. The molecule has 1 unspecified atom stereocenters. The van der Waals surface area contributed by atoms with E-state index >= 15 is 0 Å². The summed E-state index contributed by atoms with van der Waals surface area (Å²) in [5, 5.41) is 25.9. The van der Waals surface area contributed by atoms with Crippen LogP contribution in [0.4, 0.5) is 0 Å². The summed E-state index contributed by atoms with van der Waals surface area (Å²) in [5.41, 5.74) is 0. The molecule has 0 aromatic carbocycles. The summed E-state index contributed by atoms with van der Waals surface area (Å²) in [6, 6.07) is 0. The van der Waals surface area contributed by atoms with E-state index in [1.807, 2.05) is 0 Å². The molecule has 6 nitrogen and oxygen atoms in total. The van der Waals surface area contributed by atoms with Gasteiger partial charge in [-0.15, -0.1) is 0 Å². The van der Waals surface area contributed by atoms with E-state index in [0.29, 0.717) is 12.8 Å². The highest BCUT2D eigenvalue weighted by Crippen LogP contribution is 2.13. The third-order valence-corrected chi connectivity index (χ3v) is 5.63. The maximum Gasteiger partial charge on any atom is 0.305 e. The molecule has 0 aromatic heterocycles. The summed E-state index contributed by atoms with van der Waals surface area (Å²) in [6.07, 6.45) is 22.0. The number of aliphatic hydroxyl groups is 2. The first-order valence-electron chi connectivity index (χ1n) is 13.6. The fourth-order valence-electron chi connectivity index (χ4n) is 3.48. The van der Waals surface area contributed by atoms with Gasteiger partial charge in [-0.2, -0.15) is 0 Å². The Morgan fingerprint density at radius 3 is 1.36 bits per heavy atom. The van der Waals surface area contributed by atoms with E-state index < -0.39 is 12.1 Å². The van der Waals surface area contributed by atoms with Gasteiger partial charge >= 0.3 is 11.9 Å². The number of esters is 1. The van der Waals surface area contributed by atoms with E-state index in [0.717, 1.165) is 25.7 Å². The molecule has 0 amide bonds. The minimum absolute atomic E-state index is 0.103. The first-order chi connectivity index (χ1) is 16.0. The van der Waals surface area contributed by atoms with Crippen LogP contribution in [0.5, 0.6) is 0 Å². The minimum Gasteiger partial charge on any atom is -0.481 e. The Labute approximate surface area is 203 Å². The Kier molecular flexibility index (Phi) is 29.8. The zero-order valence-corrected chi connectivity index (χ0v) is 21.7. The summed E-state index contributed by atoms with van der Waals surface area (Å²) < 4.78 is 4.85. The van der Waals surface area contributed by atoms with Gasteiger partial charge in [-0.05, 0) is 12.8 Å². The highest BCUT2D eigenvalue weighted by atomic mass is 16.5. The number of aliphatic hydroxyl groups excluding tert-OH is 2. The minimum atomic E-state index is -0.953. The lowest BCUT2D eigenvalue weighted by atomic mass is 10.0. The Bertz CT molecular complexity index is 413. The molecule has 0 rings (SSSR count). The van der Waals surface area contributed by atoms with Crippen LogP contribution < -0.4 is 0 Å². The molecule has 0 aliphatic heterocycles. The number of carboxylic acid groups (broad SMARTS) is 1. The average molecular weight is 475 g/mol. The molecule has 0 spiro atoms. The van der Waals surface area contributed by atoms with E-state index in [1.165, 1.54) is 89.9 Å². The average Bonchev–Trinajstić information content (AvgIpc) is 2.80. The van der Waals surface area contributed by atoms with Gasteiger partial charge in [-0.25, -0.2) is 0 Å². The standard InChI is InChI=1S/C19H38O4.C8H16O2/c1-2-3-4-5-6-7-8-9-10-11-12-13-14-15-19(22)23-17-18(21)16-20;1-2-3-4-5-6-7-8(9)10/h18,20-21H,2-17H2,1H3;2-7H2,1H3,(H,9,10). The number of rotatable bonds is 23. The molecule has 198 valence electrons. The first-order valence-corrected chi connectivity index (χ1v) is 13.6. The summed E-state index contributed by atoms with van der Waals surface area (Å²) in [5.74, 6) is -0.947. The number of unbranched alkanes of at least 4 members (excludes halogenated alkanes) is 16. The summed E-state index contributed by atoms with van der Waals surface area (Å²) in [6.45, 7) is 3.93. The molecule has 0 aliphatic rings. The summed E-state index contributed by atoms with van der Waals surface area (Å²) >= 11 is 0. The van der Waals surface area contributed by atoms with Crippen molar-refractivity contribution in [3.05, 3.63) is 0 Å². The van der Waals surface area contributed by atoms with Gasteiger partial charge in [0.15, 0.2) is 0 Å². The number of carbonyl (C=O) groups is 2. The molecule has 3 N–H and O–H groups in total. The second-order valence-electron chi connectivity index (χ2n) is 9.07.